The number of hydrogen-bond acceptors (Lipinski definition) is 10. The molecule has 1 saturated heterocycles. The molecule has 13 heteroatoms. The maximum absolute atomic E-state index is 14.6. The van der Waals surface area contributed by atoms with Gasteiger partial charge in [0.15, 0.2) is 5.78 Å². The third-order valence-corrected chi connectivity index (χ3v) is 9.44. The highest BCUT2D eigenvalue weighted by atomic mass is 35.5. The molecule has 1 fully saturated rings. The van der Waals surface area contributed by atoms with Gasteiger partial charge in [-0.25, -0.2) is 9.97 Å². The molecule has 270 valence electrons. The number of aromatic nitrogens is 3. The SMILES string of the molecule is COc1cc(OC)c(Cl)c(-c2cc3cnc(Nc4ccc(N5CCOCC5)cn4)cc3n(Cc3cccc(CC(=O)/C=C/CN(C)C)c3)c2=O)c1Cl. The van der Waals surface area contributed by atoms with Gasteiger partial charge in [0.1, 0.15) is 23.1 Å². The minimum atomic E-state index is -0.343. The van der Waals surface area contributed by atoms with E-state index in [0.29, 0.717) is 53.8 Å². The summed E-state index contributed by atoms with van der Waals surface area (Å²) >= 11 is 13.6. The van der Waals surface area contributed by atoms with Crippen molar-refractivity contribution in [3.05, 3.63) is 111 Å². The average Bonchev–Trinajstić information content (AvgIpc) is 3.14. The molecule has 6 rings (SSSR count). The zero-order valence-corrected chi connectivity index (χ0v) is 31.0. The third kappa shape index (κ3) is 8.40. The Labute approximate surface area is 312 Å². The van der Waals surface area contributed by atoms with E-state index in [1.165, 1.54) is 14.2 Å². The second-order valence-corrected chi connectivity index (χ2v) is 13.4. The van der Waals surface area contributed by atoms with Gasteiger partial charge in [0.2, 0.25) is 0 Å². The van der Waals surface area contributed by atoms with E-state index in [1.807, 2.05) is 73.7 Å². The fourth-order valence-corrected chi connectivity index (χ4v) is 6.78. The summed E-state index contributed by atoms with van der Waals surface area (Å²) in [5, 5.41) is 4.31. The van der Waals surface area contributed by atoms with Crippen molar-refractivity contribution in [1.82, 2.24) is 19.4 Å². The summed E-state index contributed by atoms with van der Waals surface area (Å²) in [7, 11) is 6.86. The molecule has 0 bridgehead atoms. The lowest BCUT2D eigenvalue weighted by atomic mass is 10.0. The lowest BCUT2D eigenvalue weighted by Gasteiger charge is -2.28. The molecule has 0 radical (unpaired) electrons. The van der Waals surface area contributed by atoms with Crippen LogP contribution in [0.15, 0.2) is 83.9 Å². The zero-order valence-electron chi connectivity index (χ0n) is 29.5. The largest absolute Gasteiger partial charge is 0.495 e. The van der Waals surface area contributed by atoms with Crippen LogP contribution in [0.25, 0.3) is 22.0 Å². The van der Waals surface area contributed by atoms with Gasteiger partial charge in [0.05, 0.1) is 67.0 Å². The Morgan fingerprint density at radius 2 is 1.65 bits per heavy atom. The molecular weight excluding hydrogens is 703 g/mol. The number of likely N-dealkylation sites (N-methyl/N-ethyl adjacent to an activating group) is 1. The van der Waals surface area contributed by atoms with Crippen molar-refractivity contribution in [2.24, 2.45) is 0 Å². The van der Waals surface area contributed by atoms with Crippen LogP contribution in [0.3, 0.4) is 0 Å². The number of ether oxygens (including phenoxy) is 3. The summed E-state index contributed by atoms with van der Waals surface area (Å²) in [6.07, 6.45) is 7.20. The van der Waals surface area contributed by atoms with E-state index in [4.69, 9.17) is 37.4 Å². The Bertz CT molecular complexity index is 2140. The number of carbonyl (C=O) groups is 1. The summed E-state index contributed by atoms with van der Waals surface area (Å²) in [6.45, 7) is 3.86. The number of nitrogens with one attached hydrogen (secondary N) is 1. The van der Waals surface area contributed by atoms with Crippen LogP contribution < -0.4 is 25.2 Å². The normalized spacial score (nSPS) is 13.2. The molecule has 5 aromatic rings. The van der Waals surface area contributed by atoms with E-state index in [9.17, 15) is 9.59 Å². The lowest BCUT2D eigenvalue weighted by molar-refractivity contribution is -0.114. The fraction of sp³-hybridized carbons (Fsp3) is 0.282. The number of anilines is 3. The monoisotopic (exact) mass is 742 g/mol. The van der Waals surface area contributed by atoms with Gasteiger partial charge in [-0.2, -0.15) is 0 Å². The summed E-state index contributed by atoms with van der Waals surface area (Å²) in [4.78, 5) is 40.8. The Morgan fingerprint density at radius 1 is 0.942 bits per heavy atom. The number of carbonyl (C=O) groups excluding carboxylic acids is 1. The molecule has 3 aromatic heterocycles. The van der Waals surface area contributed by atoms with Gasteiger partial charge in [0, 0.05) is 55.3 Å². The molecule has 4 heterocycles. The first-order valence-corrected chi connectivity index (χ1v) is 17.5. The van der Waals surface area contributed by atoms with Crippen LogP contribution in [0.1, 0.15) is 11.1 Å². The minimum Gasteiger partial charge on any atom is -0.495 e. The first-order valence-electron chi connectivity index (χ1n) is 16.8. The summed E-state index contributed by atoms with van der Waals surface area (Å²) in [5.74, 6) is 1.72. The number of halogens is 2. The maximum Gasteiger partial charge on any atom is 0.259 e. The number of fused-ring (bicyclic) bond motifs is 1. The molecule has 52 heavy (non-hydrogen) atoms. The van der Waals surface area contributed by atoms with Crippen molar-refractivity contribution >= 4 is 57.2 Å². The molecule has 0 saturated carbocycles. The lowest BCUT2D eigenvalue weighted by Crippen LogP contribution is -2.36. The predicted octanol–water partition coefficient (Wildman–Crippen LogP) is 6.64. The van der Waals surface area contributed by atoms with Crippen molar-refractivity contribution in [3.63, 3.8) is 0 Å². The van der Waals surface area contributed by atoms with E-state index in [0.717, 1.165) is 29.9 Å². The van der Waals surface area contributed by atoms with Crippen LogP contribution in [-0.4, -0.2) is 86.4 Å². The molecule has 0 unspecified atom stereocenters. The topological polar surface area (TPSA) is 111 Å². The smallest absolute Gasteiger partial charge is 0.259 e. The summed E-state index contributed by atoms with van der Waals surface area (Å²) < 4.78 is 18.1. The predicted molar refractivity (Wildman–Crippen MR) is 207 cm³/mol. The van der Waals surface area contributed by atoms with Crippen molar-refractivity contribution in [1.29, 1.82) is 0 Å². The quantitative estimate of drug-likeness (QED) is 0.132. The highest BCUT2D eigenvalue weighted by molar-refractivity contribution is 6.41. The Morgan fingerprint density at radius 3 is 2.33 bits per heavy atom. The van der Waals surface area contributed by atoms with Crippen LogP contribution in [0.2, 0.25) is 10.0 Å². The van der Waals surface area contributed by atoms with Gasteiger partial charge in [0.25, 0.3) is 5.56 Å². The molecule has 1 aliphatic rings. The van der Waals surface area contributed by atoms with Crippen LogP contribution in [-0.2, 0) is 22.5 Å². The highest BCUT2D eigenvalue weighted by Crippen LogP contribution is 2.45. The van der Waals surface area contributed by atoms with Crippen LogP contribution >= 0.6 is 23.2 Å². The molecule has 0 aliphatic carbocycles. The summed E-state index contributed by atoms with van der Waals surface area (Å²) in [6, 6.07) is 16.7. The first kappa shape index (κ1) is 36.8. The Hall–Kier alpha value is -4.94. The van der Waals surface area contributed by atoms with E-state index in [1.54, 1.807) is 29.0 Å². The molecule has 0 atom stereocenters. The molecule has 0 amide bonds. The van der Waals surface area contributed by atoms with Crippen LogP contribution in [0.4, 0.5) is 17.3 Å². The Kier molecular flexibility index (Phi) is 11.8. The number of nitrogens with zero attached hydrogens (tertiary/aromatic N) is 5. The van der Waals surface area contributed by atoms with E-state index in [-0.39, 0.29) is 45.5 Å². The number of benzene rings is 2. The van der Waals surface area contributed by atoms with Crippen molar-refractivity contribution in [3.8, 4) is 22.6 Å². The summed E-state index contributed by atoms with van der Waals surface area (Å²) in [5.41, 5.74) is 3.49. The number of rotatable bonds is 13. The van der Waals surface area contributed by atoms with Crippen molar-refractivity contribution in [2.75, 3.05) is 71.4 Å². The van der Waals surface area contributed by atoms with E-state index < -0.39 is 0 Å². The molecule has 1 aliphatic heterocycles. The van der Waals surface area contributed by atoms with E-state index >= 15 is 0 Å². The van der Waals surface area contributed by atoms with Gasteiger partial charge in [-0.1, -0.05) is 53.5 Å². The first-order chi connectivity index (χ1) is 25.1. The molecule has 2 aromatic carbocycles. The fourth-order valence-electron chi connectivity index (χ4n) is 6.07. The van der Waals surface area contributed by atoms with Crippen LogP contribution in [0, 0.1) is 0 Å². The minimum absolute atomic E-state index is 0.00625. The van der Waals surface area contributed by atoms with Gasteiger partial charge in [-0.05, 0) is 49.5 Å². The average molecular weight is 744 g/mol. The number of pyridine rings is 3. The van der Waals surface area contributed by atoms with Gasteiger partial charge >= 0.3 is 0 Å². The molecule has 11 nitrogen and oxygen atoms in total. The van der Waals surface area contributed by atoms with Crippen LogP contribution in [0.5, 0.6) is 11.5 Å². The number of methoxy groups -OCH3 is 2. The standard InChI is InChI=1S/C39H40Cl2N6O5/c1-45(2)12-6-9-29(48)18-25-7-5-8-26(17-25)24-47-31-20-35(44-34-11-10-28(23-43-34)46-13-15-52-16-14-46)42-22-27(31)19-30(39(47)49)36-37(40)32(50-3)21-33(51-4)38(36)41/h5-11,17,19-23H,12-16,18,24H2,1-4H3,(H,42,43,44)/b9-6+. The molecule has 1 N–H and O–H groups in total. The number of ketones is 1. The number of allylic oxidation sites excluding steroid dienone is 1. The van der Waals surface area contributed by atoms with Gasteiger partial charge in [-0.15, -0.1) is 0 Å². The molecular formula is C39H40Cl2N6O5. The van der Waals surface area contributed by atoms with E-state index in [2.05, 4.69) is 20.2 Å². The van der Waals surface area contributed by atoms with Gasteiger partial charge in [-0.3, -0.25) is 9.59 Å². The Balaban J connectivity index is 1.41. The molecule has 0 spiro atoms. The maximum atomic E-state index is 14.6. The number of hydrogen-bond donors (Lipinski definition) is 1. The second-order valence-electron chi connectivity index (χ2n) is 12.6. The van der Waals surface area contributed by atoms with Crippen molar-refractivity contribution < 1.29 is 19.0 Å². The third-order valence-electron chi connectivity index (χ3n) is 8.69. The van der Waals surface area contributed by atoms with Crippen molar-refractivity contribution in [2.45, 2.75) is 13.0 Å². The second kappa shape index (κ2) is 16.6. The number of morpholine rings is 1. The highest BCUT2D eigenvalue weighted by Gasteiger charge is 2.23. The van der Waals surface area contributed by atoms with Gasteiger partial charge < -0.3 is 33.9 Å². The zero-order chi connectivity index (χ0) is 36.8.